The van der Waals surface area contributed by atoms with Gasteiger partial charge in [-0.1, -0.05) is 18.2 Å². The van der Waals surface area contributed by atoms with Gasteiger partial charge < -0.3 is 15.4 Å². The normalized spacial score (nSPS) is 19.5. The summed E-state index contributed by atoms with van der Waals surface area (Å²) in [7, 11) is 0. The minimum Gasteiger partial charge on any atom is -0.405 e. The van der Waals surface area contributed by atoms with E-state index < -0.39 is 6.36 Å². The molecule has 4 nitrogen and oxygen atoms in total. The second kappa shape index (κ2) is 6.83. The SMILES string of the molecule is NC1CCCN(C(=O)/C=C/c2ccccc2OC(F)(F)F)C1. The fraction of sp³-hybridized carbons (Fsp3) is 0.400. The summed E-state index contributed by atoms with van der Waals surface area (Å²) in [5, 5.41) is 0. The monoisotopic (exact) mass is 314 g/mol. The molecule has 1 saturated heterocycles. The molecule has 1 atom stereocenters. The van der Waals surface area contributed by atoms with Gasteiger partial charge >= 0.3 is 6.36 Å². The van der Waals surface area contributed by atoms with Crippen LogP contribution in [0.25, 0.3) is 6.08 Å². The number of alkyl halides is 3. The first kappa shape index (κ1) is 16.4. The zero-order valence-corrected chi connectivity index (χ0v) is 11.8. The molecule has 0 saturated carbocycles. The maximum absolute atomic E-state index is 12.3. The fourth-order valence-electron chi connectivity index (χ4n) is 2.31. The van der Waals surface area contributed by atoms with Gasteiger partial charge in [0.05, 0.1) is 0 Å². The molecule has 120 valence electrons. The number of hydrogen-bond donors (Lipinski definition) is 1. The molecule has 1 heterocycles. The maximum atomic E-state index is 12.3. The van der Waals surface area contributed by atoms with Crippen LogP contribution in [0.2, 0.25) is 0 Å². The zero-order chi connectivity index (χ0) is 16.2. The first-order valence-electron chi connectivity index (χ1n) is 6.92. The smallest absolute Gasteiger partial charge is 0.405 e. The second-order valence-electron chi connectivity index (χ2n) is 5.11. The first-order chi connectivity index (χ1) is 10.3. The Hall–Kier alpha value is -2.02. The van der Waals surface area contributed by atoms with Crippen molar-refractivity contribution in [3.05, 3.63) is 35.9 Å². The molecule has 22 heavy (non-hydrogen) atoms. The highest BCUT2D eigenvalue weighted by atomic mass is 19.4. The minimum absolute atomic E-state index is 0.0491. The maximum Gasteiger partial charge on any atom is 0.573 e. The molecule has 0 radical (unpaired) electrons. The summed E-state index contributed by atoms with van der Waals surface area (Å²) in [4.78, 5) is 13.6. The van der Waals surface area contributed by atoms with Gasteiger partial charge in [-0.15, -0.1) is 13.2 Å². The Morgan fingerprint density at radius 1 is 1.36 bits per heavy atom. The molecule has 0 spiro atoms. The van der Waals surface area contributed by atoms with E-state index >= 15 is 0 Å². The van der Waals surface area contributed by atoms with E-state index in [-0.39, 0.29) is 23.3 Å². The Morgan fingerprint density at radius 2 is 2.09 bits per heavy atom. The van der Waals surface area contributed by atoms with Crippen molar-refractivity contribution >= 4 is 12.0 Å². The van der Waals surface area contributed by atoms with E-state index in [1.165, 1.54) is 30.4 Å². The van der Waals surface area contributed by atoms with Crippen molar-refractivity contribution in [2.45, 2.75) is 25.2 Å². The molecule has 1 amide bonds. The van der Waals surface area contributed by atoms with Crippen LogP contribution in [0, 0.1) is 0 Å². The standard InChI is InChI=1S/C15H17F3N2O2/c16-15(17,18)22-13-6-2-1-4-11(13)7-8-14(21)20-9-3-5-12(19)10-20/h1-2,4,6-8,12H,3,5,9-10,19H2/b8-7+. The molecular weight excluding hydrogens is 297 g/mol. The Bertz CT molecular complexity index is 558. The van der Waals surface area contributed by atoms with E-state index in [0.717, 1.165) is 12.8 Å². The molecule has 1 aliphatic heterocycles. The summed E-state index contributed by atoms with van der Waals surface area (Å²) < 4.78 is 40.9. The van der Waals surface area contributed by atoms with Crippen LogP contribution >= 0.6 is 0 Å². The predicted octanol–water partition coefficient (Wildman–Crippen LogP) is 2.55. The number of likely N-dealkylation sites (tertiary alicyclic amines) is 1. The molecule has 7 heteroatoms. The molecular formula is C15H17F3N2O2. The van der Waals surface area contributed by atoms with Crippen LogP contribution < -0.4 is 10.5 Å². The van der Waals surface area contributed by atoms with E-state index in [1.54, 1.807) is 11.0 Å². The number of benzene rings is 1. The van der Waals surface area contributed by atoms with Gasteiger partial charge in [0.25, 0.3) is 0 Å². The van der Waals surface area contributed by atoms with Crippen molar-refractivity contribution in [1.82, 2.24) is 4.90 Å². The Balaban J connectivity index is 2.08. The van der Waals surface area contributed by atoms with Crippen LogP contribution in [0.3, 0.4) is 0 Å². The number of ether oxygens (including phenoxy) is 1. The average molecular weight is 314 g/mol. The summed E-state index contributed by atoms with van der Waals surface area (Å²) >= 11 is 0. The molecule has 1 fully saturated rings. The average Bonchev–Trinajstić information content (AvgIpc) is 2.44. The van der Waals surface area contributed by atoms with Gasteiger partial charge in [0.1, 0.15) is 5.75 Å². The highest BCUT2D eigenvalue weighted by Gasteiger charge is 2.31. The van der Waals surface area contributed by atoms with Crippen LogP contribution in [-0.2, 0) is 4.79 Å². The molecule has 1 aromatic carbocycles. The van der Waals surface area contributed by atoms with E-state index in [4.69, 9.17) is 5.73 Å². The highest BCUT2D eigenvalue weighted by molar-refractivity contribution is 5.92. The molecule has 1 aliphatic rings. The lowest BCUT2D eigenvalue weighted by atomic mass is 10.1. The Morgan fingerprint density at radius 3 is 2.77 bits per heavy atom. The first-order valence-corrected chi connectivity index (χ1v) is 6.92. The van der Waals surface area contributed by atoms with Crippen molar-refractivity contribution in [2.24, 2.45) is 5.73 Å². The van der Waals surface area contributed by atoms with Gasteiger partial charge in [0.15, 0.2) is 0 Å². The van der Waals surface area contributed by atoms with Crippen molar-refractivity contribution in [1.29, 1.82) is 0 Å². The van der Waals surface area contributed by atoms with Crippen LogP contribution in [0.1, 0.15) is 18.4 Å². The van der Waals surface area contributed by atoms with Gasteiger partial charge in [0, 0.05) is 30.8 Å². The number of amides is 1. The van der Waals surface area contributed by atoms with E-state index in [2.05, 4.69) is 4.74 Å². The molecule has 1 unspecified atom stereocenters. The number of halogens is 3. The number of carbonyl (C=O) groups is 1. The summed E-state index contributed by atoms with van der Waals surface area (Å²) in [6, 6.07) is 5.61. The van der Waals surface area contributed by atoms with Gasteiger partial charge in [0.2, 0.25) is 5.91 Å². The van der Waals surface area contributed by atoms with E-state index in [9.17, 15) is 18.0 Å². The van der Waals surface area contributed by atoms with Crippen LogP contribution in [0.4, 0.5) is 13.2 Å². The fourth-order valence-corrected chi connectivity index (χ4v) is 2.31. The largest absolute Gasteiger partial charge is 0.573 e. The third kappa shape index (κ3) is 4.77. The lowest BCUT2D eigenvalue weighted by Gasteiger charge is -2.29. The van der Waals surface area contributed by atoms with Crippen molar-refractivity contribution in [3.63, 3.8) is 0 Å². The molecule has 0 aliphatic carbocycles. The molecule has 0 bridgehead atoms. The number of piperidine rings is 1. The summed E-state index contributed by atoms with van der Waals surface area (Å²) in [6.45, 7) is 1.07. The van der Waals surface area contributed by atoms with Gasteiger partial charge in [-0.2, -0.15) is 0 Å². The highest BCUT2D eigenvalue weighted by Crippen LogP contribution is 2.27. The Kier molecular flexibility index (Phi) is 5.07. The lowest BCUT2D eigenvalue weighted by Crippen LogP contribution is -2.45. The van der Waals surface area contributed by atoms with Crippen molar-refractivity contribution in [2.75, 3.05) is 13.1 Å². The quantitative estimate of drug-likeness (QED) is 0.872. The van der Waals surface area contributed by atoms with E-state index in [1.807, 2.05) is 0 Å². The molecule has 2 N–H and O–H groups in total. The van der Waals surface area contributed by atoms with Crippen molar-refractivity contribution < 1.29 is 22.7 Å². The van der Waals surface area contributed by atoms with Crippen molar-refractivity contribution in [3.8, 4) is 5.75 Å². The number of nitrogens with two attached hydrogens (primary N) is 1. The van der Waals surface area contributed by atoms with Gasteiger partial charge in [-0.3, -0.25) is 4.79 Å². The second-order valence-corrected chi connectivity index (χ2v) is 5.11. The number of hydrogen-bond acceptors (Lipinski definition) is 3. The van der Waals surface area contributed by atoms with Gasteiger partial charge in [-0.25, -0.2) is 0 Å². The number of carbonyl (C=O) groups excluding carboxylic acids is 1. The van der Waals surface area contributed by atoms with Gasteiger partial charge in [-0.05, 0) is 25.0 Å². The van der Waals surface area contributed by atoms with Crippen LogP contribution in [0.15, 0.2) is 30.3 Å². The molecule has 1 aromatic rings. The van der Waals surface area contributed by atoms with Crippen LogP contribution in [-0.4, -0.2) is 36.3 Å². The van der Waals surface area contributed by atoms with Crippen LogP contribution in [0.5, 0.6) is 5.75 Å². The Labute approximate surface area is 126 Å². The molecule has 0 aromatic heterocycles. The third-order valence-electron chi connectivity index (χ3n) is 3.32. The summed E-state index contributed by atoms with van der Waals surface area (Å²) in [6.07, 6.45) is -0.502. The number of nitrogens with zero attached hydrogens (tertiary/aromatic N) is 1. The summed E-state index contributed by atoms with van der Waals surface area (Å²) in [5.41, 5.74) is 5.99. The number of para-hydroxylation sites is 1. The lowest BCUT2D eigenvalue weighted by molar-refractivity contribution is -0.274. The van der Waals surface area contributed by atoms with E-state index in [0.29, 0.717) is 13.1 Å². The topological polar surface area (TPSA) is 55.6 Å². The minimum atomic E-state index is -4.77. The summed E-state index contributed by atoms with van der Waals surface area (Å²) in [5.74, 6) is -0.605. The molecule has 2 rings (SSSR count). The predicted molar refractivity (Wildman–Crippen MR) is 75.9 cm³/mol. The third-order valence-corrected chi connectivity index (χ3v) is 3.32. The zero-order valence-electron chi connectivity index (χ0n) is 11.8. The number of rotatable bonds is 3.